The summed E-state index contributed by atoms with van der Waals surface area (Å²) in [5.74, 6) is 0. The van der Waals surface area contributed by atoms with E-state index < -0.39 is 18.3 Å². The highest BCUT2D eigenvalue weighted by molar-refractivity contribution is 7.99. The summed E-state index contributed by atoms with van der Waals surface area (Å²) >= 11 is 1.48. The molecule has 0 spiro atoms. The van der Waals surface area contributed by atoms with Crippen molar-refractivity contribution < 1.29 is 20.1 Å². The SMILES string of the molecule is OCC1O[C@@H](Sc2ccccc2)C[C@@H](O)[C@@H]1O. The molecule has 4 nitrogen and oxygen atoms in total. The molecule has 0 aliphatic carbocycles. The summed E-state index contributed by atoms with van der Waals surface area (Å²) in [4.78, 5) is 1.04. The van der Waals surface area contributed by atoms with Crippen molar-refractivity contribution in [1.29, 1.82) is 0 Å². The molecule has 17 heavy (non-hydrogen) atoms. The molecule has 1 aliphatic heterocycles. The Morgan fingerprint density at radius 1 is 1.24 bits per heavy atom. The summed E-state index contributed by atoms with van der Waals surface area (Å²) in [6.45, 7) is -0.288. The minimum absolute atomic E-state index is 0.243. The largest absolute Gasteiger partial charge is 0.394 e. The number of rotatable bonds is 3. The first-order valence-electron chi connectivity index (χ1n) is 5.55. The molecule has 0 aromatic heterocycles. The Morgan fingerprint density at radius 3 is 2.59 bits per heavy atom. The Balaban J connectivity index is 1.98. The van der Waals surface area contributed by atoms with Crippen molar-refractivity contribution in [2.45, 2.75) is 35.1 Å². The highest BCUT2D eigenvalue weighted by atomic mass is 32.2. The van der Waals surface area contributed by atoms with Gasteiger partial charge in [0.05, 0.1) is 12.7 Å². The Morgan fingerprint density at radius 2 is 1.94 bits per heavy atom. The van der Waals surface area contributed by atoms with Crippen LogP contribution >= 0.6 is 11.8 Å². The molecule has 1 aliphatic rings. The molecule has 0 amide bonds. The fourth-order valence-electron chi connectivity index (χ4n) is 1.79. The van der Waals surface area contributed by atoms with Crippen molar-refractivity contribution in [3.05, 3.63) is 30.3 Å². The molecule has 1 heterocycles. The summed E-state index contributed by atoms with van der Waals surface area (Å²) in [6.07, 6.45) is -2.20. The molecule has 0 radical (unpaired) electrons. The monoisotopic (exact) mass is 256 g/mol. The van der Waals surface area contributed by atoms with Crippen molar-refractivity contribution in [2.75, 3.05) is 6.61 Å². The third-order valence-electron chi connectivity index (χ3n) is 2.73. The molecule has 4 atom stereocenters. The van der Waals surface area contributed by atoms with Crippen LogP contribution < -0.4 is 0 Å². The fourth-order valence-corrected chi connectivity index (χ4v) is 2.90. The van der Waals surface area contributed by atoms with Crippen LogP contribution in [-0.4, -0.2) is 45.7 Å². The predicted octanol–water partition coefficient (Wildman–Crippen LogP) is 0.608. The van der Waals surface area contributed by atoms with Gasteiger partial charge in [0.2, 0.25) is 0 Å². The normalized spacial score (nSPS) is 33.6. The minimum Gasteiger partial charge on any atom is -0.394 e. The zero-order valence-electron chi connectivity index (χ0n) is 9.27. The lowest BCUT2D eigenvalue weighted by molar-refractivity contribution is -0.157. The Labute approximate surface area is 104 Å². The van der Waals surface area contributed by atoms with Crippen LogP contribution in [0.1, 0.15) is 6.42 Å². The van der Waals surface area contributed by atoms with Crippen molar-refractivity contribution in [3.8, 4) is 0 Å². The summed E-state index contributed by atoms with van der Waals surface area (Å²) < 4.78 is 5.53. The molecule has 1 fully saturated rings. The summed E-state index contributed by atoms with van der Waals surface area (Å²) in [5.41, 5.74) is -0.243. The number of ether oxygens (including phenoxy) is 1. The van der Waals surface area contributed by atoms with E-state index in [1.165, 1.54) is 11.8 Å². The molecule has 2 rings (SSSR count). The maximum Gasteiger partial charge on any atom is 0.110 e. The molecule has 1 aromatic rings. The van der Waals surface area contributed by atoms with Crippen LogP contribution in [0, 0.1) is 0 Å². The Bertz CT molecular complexity index is 346. The molecular weight excluding hydrogens is 240 g/mol. The highest BCUT2D eigenvalue weighted by Gasteiger charge is 2.36. The van der Waals surface area contributed by atoms with Gasteiger partial charge in [0.1, 0.15) is 17.6 Å². The lowest BCUT2D eigenvalue weighted by Gasteiger charge is -2.35. The number of benzene rings is 1. The van der Waals surface area contributed by atoms with E-state index in [9.17, 15) is 10.2 Å². The van der Waals surface area contributed by atoms with Crippen molar-refractivity contribution >= 4 is 11.8 Å². The van der Waals surface area contributed by atoms with Crippen LogP contribution in [0.25, 0.3) is 0 Å². The van der Waals surface area contributed by atoms with E-state index in [0.29, 0.717) is 6.42 Å². The van der Waals surface area contributed by atoms with E-state index in [-0.39, 0.29) is 12.0 Å². The van der Waals surface area contributed by atoms with Crippen LogP contribution in [0.3, 0.4) is 0 Å². The number of thioether (sulfide) groups is 1. The predicted molar refractivity (Wildman–Crippen MR) is 64.7 cm³/mol. The molecule has 3 N–H and O–H groups in total. The van der Waals surface area contributed by atoms with Gasteiger partial charge in [0.15, 0.2) is 0 Å². The van der Waals surface area contributed by atoms with Gasteiger partial charge in [-0.2, -0.15) is 0 Å². The fraction of sp³-hybridized carbons (Fsp3) is 0.500. The maximum atomic E-state index is 9.67. The first-order valence-corrected chi connectivity index (χ1v) is 6.43. The molecule has 94 valence electrons. The van der Waals surface area contributed by atoms with Crippen LogP contribution in [0.5, 0.6) is 0 Å². The summed E-state index contributed by atoms with van der Waals surface area (Å²) in [7, 11) is 0. The Hall–Kier alpha value is -0.590. The van der Waals surface area contributed by atoms with E-state index >= 15 is 0 Å². The van der Waals surface area contributed by atoms with Gasteiger partial charge in [-0.3, -0.25) is 0 Å². The number of hydrogen-bond donors (Lipinski definition) is 3. The molecule has 0 bridgehead atoms. The summed E-state index contributed by atoms with van der Waals surface area (Å²) in [5, 5.41) is 28.3. The third kappa shape index (κ3) is 3.20. The second kappa shape index (κ2) is 5.84. The molecule has 1 aromatic carbocycles. The van der Waals surface area contributed by atoms with Gasteiger partial charge in [-0.25, -0.2) is 0 Å². The topological polar surface area (TPSA) is 69.9 Å². The number of aliphatic hydroxyl groups excluding tert-OH is 3. The number of hydrogen-bond acceptors (Lipinski definition) is 5. The molecule has 5 heteroatoms. The zero-order chi connectivity index (χ0) is 12.3. The van der Waals surface area contributed by atoms with E-state index in [4.69, 9.17) is 9.84 Å². The van der Waals surface area contributed by atoms with Crippen LogP contribution in [0.2, 0.25) is 0 Å². The third-order valence-corrected chi connectivity index (χ3v) is 3.84. The second-order valence-electron chi connectivity index (χ2n) is 4.01. The number of aliphatic hydroxyl groups is 3. The molecule has 0 saturated carbocycles. The van der Waals surface area contributed by atoms with Gasteiger partial charge in [0, 0.05) is 11.3 Å². The first kappa shape index (κ1) is 12.9. The van der Waals surface area contributed by atoms with Gasteiger partial charge in [-0.1, -0.05) is 30.0 Å². The van der Waals surface area contributed by atoms with Crippen molar-refractivity contribution in [2.24, 2.45) is 0 Å². The van der Waals surface area contributed by atoms with Gasteiger partial charge in [0.25, 0.3) is 0 Å². The standard InChI is InChI=1S/C12H16O4S/c13-7-10-12(15)9(14)6-11(16-10)17-8-4-2-1-3-5-8/h1-5,9-15H,6-7H2/t9-,10?,11+,12+/m1/s1. The zero-order valence-corrected chi connectivity index (χ0v) is 10.1. The molecule has 1 unspecified atom stereocenters. The average Bonchev–Trinajstić information content (AvgIpc) is 2.35. The Kier molecular flexibility index (Phi) is 4.42. The van der Waals surface area contributed by atoms with E-state index in [1.807, 2.05) is 30.3 Å². The lowest BCUT2D eigenvalue weighted by Crippen LogP contribution is -2.48. The van der Waals surface area contributed by atoms with E-state index in [2.05, 4.69) is 0 Å². The van der Waals surface area contributed by atoms with Crippen molar-refractivity contribution in [1.82, 2.24) is 0 Å². The quantitative estimate of drug-likeness (QED) is 0.739. The van der Waals surface area contributed by atoms with Crippen LogP contribution in [0.4, 0.5) is 0 Å². The van der Waals surface area contributed by atoms with Crippen molar-refractivity contribution in [3.63, 3.8) is 0 Å². The van der Waals surface area contributed by atoms with Gasteiger partial charge < -0.3 is 20.1 Å². The van der Waals surface area contributed by atoms with E-state index in [0.717, 1.165) is 4.90 Å². The first-order chi connectivity index (χ1) is 8.20. The maximum absolute atomic E-state index is 9.67. The summed E-state index contributed by atoms with van der Waals surface area (Å²) in [6, 6.07) is 9.71. The molecule has 1 saturated heterocycles. The molecular formula is C12H16O4S. The highest BCUT2D eigenvalue weighted by Crippen LogP contribution is 2.32. The van der Waals surface area contributed by atoms with Gasteiger partial charge in [-0.15, -0.1) is 0 Å². The van der Waals surface area contributed by atoms with Crippen LogP contribution in [0.15, 0.2) is 35.2 Å². The van der Waals surface area contributed by atoms with Gasteiger partial charge >= 0.3 is 0 Å². The smallest absolute Gasteiger partial charge is 0.110 e. The minimum atomic E-state index is -1.01. The lowest BCUT2D eigenvalue weighted by atomic mass is 10.0. The van der Waals surface area contributed by atoms with Gasteiger partial charge in [-0.05, 0) is 12.1 Å². The second-order valence-corrected chi connectivity index (χ2v) is 5.24. The van der Waals surface area contributed by atoms with E-state index in [1.54, 1.807) is 0 Å². The van der Waals surface area contributed by atoms with Crippen LogP contribution in [-0.2, 0) is 4.74 Å². The average molecular weight is 256 g/mol.